The van der Waals surface area contributed by atoms with Crippen molar-refractivity contribution >= 4 is 165 Å². The van der Waals surface area contributed by atoms with Crippen LogP contribution in [0.15, 0.2) is 370 Å². The van der Waals surface area contributed by atoms with Gasteiger partial charge in [0, 0.05) is 77.9 Å². The highest BCUT2D eigenvalue weighted by Gasteiger charge is 2.46. The largest absolute Gasteiger partial charge is 0.310 e. The van der Waals surface area contributed by atoms with E-state index in [4.69, 9.17) is 0 Å². The lowest BCUT2D eigenvalue weighted by Gasteiger charge is -2.46. The number of anilines is 6. The second-order valence-electron chi connectivity index (χ2n) is 35.4. The van der Waals surface area contributed by atoms with E-state index in [-0.39, 0.29) is 17.5 Å². The molecule has 119 heavy (non-hydrogen) atoms. The summed E-state index contributed by atoms with van der Waals surface area (Å²) in [6.45, 7) is 13.8. The third kappa shape index (κ3) is 9.82. The molecule has 5 heteroatoms. The summed E-state index contributed by atoms with van der Waals surface area (Å²) in [6.07, 6.45) is 0. The maximum absolute atomic E-state index is 2.77. The molecule has 0 fully saturated rings. The van der Waals surface area contributed by atoms with Gasteiger partial charge in [-0.05, 0) is 220 Å². The van der Waals surface area contributed by atoms with E-state index in [9.17, 15) is 0 Å². The van der Waals surface area contributed by atoms with Gasteiger partial charge in [-0.1, -0.05) is 339 Å². The predicted octanol–water partition coefficient (Wildman–Crippen LogP) is 29.2. The lowest BCUT2D eigenvalue weighted by molar-refractivity contribution is 0.590. The number of benzene rings is 21. The molecule has 0 saturated carbocycles. The van der Waals surface area contributed by atoms with Crippen LogP contribution in [0.3, 0.4) is 0 Å². The minimum atomic E-state index is -0.310. The van der Waals surface area contributed by atoms with Crippen LogP contribution in [0.4, 0.5) is 34.1 Å². The van der Waals surface area contributed by atoms with E-state index in [1.165, 1.54) is 136 Å². The Morgan fingerprint density at radius 2 is 0.538 bits per heavy atom. The Morgan fingerprint density at radius 3 is 0.899 bits per heavy atom. The summed E-state index contributed by atoms with van der Waals surface area (Å²) < 4.78 is 5.20. The van der Waals surface area contributed by atoms with Crippen LogP contribution in [0.2, 0.25) is 0 Å². The zero-order valence-corrected chi connectivity index (χ0v) is 67.1. The Labute approximate surface area is 691 Å². The molecule has 21 aromatic carbocycles. The molecule has 0 spiro atoms. The summed E-state index contributed by atoms with van der Waals surface area (Å²) in [7, 11) is 0. The first-order valence-electron chi connectivity index (χ1n) is 42.0. The summed E-state index contributed by atoms with van der Waals surface area (Å²) in [5.74, 6) is 0. The highest BCUT2D eigenvalue weighted by molar-refractivity contribution is 7.00. The molecule has 0 N–H and O–H groups in total. The molecule has 2 aromatic heterocycles. The number of aromatic nitrogens is 2. The van der Waals surface area contributed by atoms with Gasteiger partial charge in [0.2, 0.25) is 0 Å². The Morgan fingerprint density at radius 1 is 0.218 bits per heavy atom. The Kier molecular flexibility index (Phi) is 14.2. The number of hydrogen-bond donors (Lipinski definition) is 0. The molecule has 0 radical (unpaired) electrons. The van der Waals surface area contributed by atoms with Crippen LogP contribution < -0.4 is 26.2 Å². The second-order valence-corrected chi connectivity index (χ2v) is 35.4. The van der Waals surface area contributed by atoms with E-state index < -0.39 is 0 Å². The highest BCUT2D eigenvalue weighted by atomic mass is 15.2. The quantitative estimate of drug-likeness (QED) is 0.0771. The van der Waals surface area contributed by atoms with Crippen LogP contribution in [0.25, 0.3) is 186 Å². The van der Waals surface area contributed by atoms with Crippen molar-refractivity contribution in [2.75, 3.05) is 9.80 Å². The van der Waals surface area contributed by atoms with E-state index in [2.05, 4.69) is 431 Å². The van der Waals surface area contributed by atoms with Crippen molar-refractivity contribution in [2.24, 2.45) is 0 Å². The number of para-hydroxylation sites is 1. The fourth-order valence-corrected chi connectivity index (χ4v) is 21.4. The lowest BCUT2D eigenvalue weighted by Crippen LogP contribution is -2.61. The van der Waals surface area contributed by atoms with Crippen molar-refractivity contribution in [3.05, 3.63) is 381 Å². The Balaban J connectivity index is 0.864. The van der Waals surface area contributed by atoms with Crippen molar-refractivity contribution in [1.82, 2.24) is 9.13 Å². The van der Waals surface area contributed by atoms with E-state index in [0.717, 1.165) is 112 Å². The molecule has 4 heterocycles. The van der Waals surface area contributed by atoms with Crippen molar-refractivity contribution in [1.29, 1.82) is 0 Å². The third-order valence-corrected chi connectivity index (χ3v) is 26.7. The summed E-state index contributed by atoms with van der Waals surface area (Å²) >= 11 is 0. The molecule has 23 aromatic rings. The summed E-state index contributed by atoms with van der Waals surface area (Å²) in [5, 5.41) is 20.7. The van der Waals surface area contributed by atoms with Gasteiger partial charge in [-0.2, -0.15) is 0 Å². The van der Waals surface area contributed by atoms with Crippen LogP contribution in [0, 0.1) is 0 Å². The third-order valence-electron chi connectivity index (χ3n) is 26.7. The minimum Gasteiger partial charge on any atom is -0.310 e. The molecule has 558 valence electrons. The number of fused-ring (bicyclic) bond motifs is 6. The van der Waals surface area contributed by atoms with Gasteiger partial charge in [0.1, 0.15) is 0 Å². The van der Waals surface area contributed by atoms with Crippen LogP contribution in [0.5, 0.6) is 0 Å². The van der Waals surface area contributed by atoms with Crippen LogP contribution in [0.1, 0.15) is 52.7 Å². The molecule has 0 aliphatic carbocycles. The minimum absolute atomic E-state index is 0.167. The van der Waals surface area contributed by atoms with Gasteiger partial charge in [-0.25, -0.2) is 0 Å². The fourth-order valence-electron chi connectivity index (χ4n) is 21.4. The maximum Gasteiger partial charge on any atom is 0.252 e. The Hall–Kier alpha value is -14.5. The summed E-state index contributed by atoms with van der Waals surface area (Å²) in [4.78, 5) is 5.50. The Bertz CT molecular complexity index is 7780. The van der Waals surface area contributed by atoms with Gasteiger partial charge in [0.25, 0.3) is 6.71 Å². The highest BCUT2D eigenvalue weighted by Crippen LogP contribution is 2.58. The van der Waals surface area contributed by atoms with Gasteiger partial charge in [-0.3, -0.25) is 0 Å². The molecule has 2 aliphatic rings. The normalized spacial score (nSPS) is 13.1. The van der Waals surface area contributed by atoms with Crippen LogP contribution in [-0.4, -0.2) is 15.8 Å². The molecule has 0 bridgehead atoms. The van der Waals surface area contributed by atoms with E-state index >= 15 is 0 Å². The molecule has 25 rings (SSSR count). The first kappa shape index (κ1) is 67.8. The van der Waals surface area contributed by atoms with Gasteiger partial charge >= 0.3 is 0 Å². The van der Waals surface area contributed by atoms with Crippen molar-refractivity contribution < 1.29 is 0 Å². The monoisotopic (exact) mass is 1510 g/mol. The van der Waals surface area contributed by atoms with Gasteiger partial charge in [-0.15, -0.1) is 0 Å². The standard InChI is InChI=1S/C114H79BN4/c1-113(2,3)80-40-19-38-76(60-80)90-62-78(68-26-11-7-12-27-68)63-91(77-39-20-41-81(61-77)114(4,5)6)112(90)119-99-67-83(117-96-58-50-74-36-23-46-88-89-47-24-37-75-51-59-97(117)109(105(75)89)108(96)104(74)88)53-55-93(99)115-92-54-52-82(116-94-56-48-72-34-21-44-86-87-45-22-35-73-49-57-95(116)107(103(73)87)106(94)102(72)86)66-98(92)118(100-64-79(65-101(119)110(100)115)69-28-13-8-14-29-69)111-84(70-30-15-9-16-31-70)42-25-43-85(111)71-32-17-10-18-33-71/h7-67H,1-6H3. The summed E-state index contributed by atoms with van der Waals surface area (Å²) in [5.41, 5.74) is 33.1. The van der Waals surface area contributed by atoms with Crippen molar-refractivity contribution in [2.45, 2.75) is 52.4 Å². The van der Waals surface area contributed by atoms with E-state index in [1.54, 1.807) is 0 Å². The first-order chi connectivity index (χ1) is 58.3. The molecular weight excluding hydrogens is 1440 g/mol. The zero-order chi connectivity index (χ0) is 79.0. The summed E-state index contributed by atoms with van der Waals surface area (Å²) in [6, 6.07) is 143. The van der Waals surface area contributed by atoms with Crippen LogP contribution >= 0.6 is 0 Å². The molecular formula is C114H79BN4. The predicted molar refractivity (Wildman–Crippen MR) is 509 cm³/mol. The van der Waals surface area contributed by atoms with E-state index in [1.807, 2.05) is 0 Å². The molecule has 0 saturated heterocycles. The average molecular weight is 1520 g/mol. The van der Waals surface area contributed by atoms with Gasteiger partial charge in [0.05, 0.1) is 33.4 Å². The van der Waals surface area contributed by atoms with Crippen molar-refractivity contribution in [3.63, 3.8) is 0 Å². The number of nitrogens with zero attached hydrogens (tertiary/aromatic N) is 4. The van der Waals surface area contributed by atoms with Gasteiger partial charge < -0.3 is 18.9 Å². The SMILES string of the molecule is CC(C)(C)c1cccc(-c2cc(-c3ccccc3)cc(-c3cccc(C(C)(C)C)c3)c2N2c3cc(-n4c5ccc6cccc7c8cccc9ccc4c(c98)c5c67)ccc3B3c4ccc(-n5c6ccc7cccc8c9cccc%10ccc5c(c%109)c6c78)cc4N(c4c(-c5ccccc5)cccc4-c4ccccc4)c4cc(-c5ccccc5)cc2c43)c1. The van der Waals surface area contributed by atoms with E-state index in [0.29, 0.717) is 0 Å². The first-order valence-corrected chi connectivity index (χ1v) is 42.0. The number of hydrogen-bond acceptors (Lipinski definition) is 2. The van der Waals surface area contributed by atoms with Gasteiger partial charge in [0.15, 0.2) is 0 Å². The second kappa shape index (κ2) is 25.0. The smallest absolute Gasteiger partial charge is 0.252 e. The molecule has 0 atom stereocenters. The lowest BCUT2D eigenvalue weighted by atomic mass is 9.33. The molecule has 2 aliphatic heterocycles. The molecule has 0 unspecified atom stereocenters. The average Bonchev–Trinajstić information content (AvgIpc) is 1.55. The molecule has 4 nitrogen and oxygen atoms in total. The zero-order valence-electron chi connectivity index (χ0n) is 67.1. The topological polar surface area (TPSA) is 16.3 Å². The number of rotatable bonds is 10. The van der Waals surface area contributed by atoms with Crippen LogP contribution in [-0.2, 0) is 10.8 Å². The maximum atomic E-state index is 2.77. The van der Waals surface area contributed by atoms with Crippen molar-refractivity contribution in [3.8, 4) is 78.1 Å². The molecule has 0 amide bonds. The fraction of sp³-hybridized carbons (Fsp3) is 0.0702.